The van der Waals surface area contributed by atoms with Gasteiger partial charge in [-0.2, -0.15) is 5.10 Å². The molecule has 1 aromatic heterocycles. The van der Waals surface area contributed by atoms with Crippen molar-refractivity contribution in [2.45, 2.75) is 26.4 Å². The summed E-state index contributed by atoms with van der Waals surface area (Å²) < 4.78 is 6.88. The van der Waals surface area contributed by atoms with Crippen LogP contribution in [0.3, 0.4) is 0 Å². The summed E-state index contributed by atoms with van der Waals surface area (Å²) in [5.74, 6) is 0.487. The maximum absolute atomic E-state index is 8.78. The van der Waals surface area contributed by atoms with E-state index in [1.54, 1.807) is 18.0 Å². The first kappa shape index (κ1) is 13.0. The van der Waals surface area contributed by atoms with Gasteiger partial charge in [0.25, 0.3) is 0 Å². The third-order valence-corrected chi connectivity index (χ3v) is 2.47. The fraction of sp³-hybridized carbons (Fsp3) is 0.727. The molecule has 0 radical (unpaired) electrons. The lowest BCUT2D eigenvalue weighted by atomic mass is 10.1. The van der Waals surface area contributed by atoms with E-state index in [0.29, 0.717) is 19.1 Å². The summed E-state index contributed by atoms with van der Waals surface area (Å²) in [6, 6.07) is 0.275. The summed E-state index contributed by atoms with van der Waals surface area (Å²) in [6.45, 7) is 5.59. The zero-order chi connectivity index (χ0) is 12.0. The van der Waals surface area contributed by atoms with Crippen molar-refractivity contribution in [3.05, 3.63) is 12.4 Å². The van der Waals surface area contributed by atoms with Crippen LogP contribution in [0.2, 0.25) is 0 Å². The number of methoxy groups -OCH3 is 1. The van der Waals surface area contributed by atoms with Gasteiger partial charge >= 0.3 is 0 Å². The molecule has 0 fully saturated rings. The molecule has 1 rings (SSSR count). The molecule has 0 amide bonds. The molecule has 5 nitrogen and oxygen atoms in total. The van der Waals surface area contributed by atoms with E-state index in [-0.39, 0.29) is 12.6 Å². The normalized spacial score (nSPS) is 13.1. The Morgan fingerprint density at radius 1 is 1.56 bits per heavy atom. The third kappa shape index (κ3) is 3.83. The molecule has 2 N–H and O–H groups in total. The van der Waals surface area contributed by atoms with E-state index in [1.165, 1.54) is 0 Å². The first-order chi connectivity index (χ1) is 7.67. The maximum atomic E-state index is 8.78. The number of hydrogen-bond acceptors (Lipinski definition) is 4. The third-order valence-electron chi connectivity index (χ3n) is 2.47. The maximum Gasteiger partial charge on any atom is 0.0729 e. The van der Waals surface area contributed by atoms with Gasteiger partial charge < -0.3 is 15.2 Å². The number of aromatic nitrogens is 2. The Hall–Kier alpha value is -1.07. The van der Waals surface area contributed by atoms with Gasteiger partial charge in [0.05, 0.1) is 37.7 Å². The van der Waals surface area contributed by atoms with Gasteiger partial charge in [0.1, 0.15) is 0 Å². The van der Waals surface area contributed by atoms with E-state index in [9.17, 15) is 0 Å². The lowest BCUT2D eigenvalue weighted by Gasteiger charge is -2.21. The van der Waals surface area contributed by atoms with Crippen molar-refractivity contribution in [3.8, 4) is 0 Å². The average molecular weight is 227 g/mol. The van der Waals surface area contributed by atoms with E-state index in [0.717, 1.165) is 5.69 Å². The summed E-state index contributed by atoms with van der Waals surface area (Å²) in [5, 5.41) is 16.3. The zero-order valence-electron chi connectivity index (χ0n) is 10.2. The molecule has 1 unspecified atom stereocenters. The second-order valence-electron chi connectivity index (χ2n) is 4.17. The molecule has 0 saturated carbocycles. The standard InChI is InChI=1S/C11H21N3O2/c1-9(2)11(8-16-3)13-10-6-12-14(7-10)4-5-15/h6-7,9,11,13,15H,4-5,8H2,1-3H3. The molecule has 1 aromatic rings. The second kappa shape index (κ2) is 6.50. The van der Waals surface area contributed by atoms with Crippen LogP contribution in [0.1, 0.15) is 13.8 Å². The molecule has 0 aliphatic carbocycles. The van der Waals surface area contributed by atoms with Gasteiger partial charge in [-0.05, 0) is 5.92 Å². The SMILES string of the molecule is COCC(Nc1cnn(CCO)c1)C(C)C. The number of hydrogen-bond donors (Lipinski definition) is 2. The lowest BCUT2D eigenvalue weighted by Crippen LogP contribution is -2.30. The van der Waals surface area contributed by atoms with Gasteiger partial charge in [-0.15, -0.1) is 0 Å². The van der Waals surface area contributed by atoms with Crippen LogP contribution in [0, 0.1) is 5.92 Å². The van der Waals surface area contributed by atoms with E-state index in [1.807, 2.05) is 6.20 Å². The van der Waals surface area contributed by atoms with Crippen LogP contribution in [0.4, 0.5) is 5.69 Å². The minimum Gasteiger partial charge on any atom is -0.394 e. The number of nitrogens with one attached hydrogen (secondary N) is 1. The highest BCUT2D eigenvalue weighted by Crippen LogP contribution is 2.12. The first-order valence-corrected chi connectivity index (χ1v) is 5.56. The molecule has 0 saturated heterocycles. The van der Waals surface area contributed by atoms with Crippen molar-refractivity contribution in [1.29, 1.82) is 0 Å². The Morgan fingerprint density at radius 2 is 2.31 bits per heavy atom. The summed E-state index contributed by atoms with van der Waals surface area (Å²) in [7, 11) is 1.70. The summed E-state index contributed by atoms with van der Waals surface area (Å²) in [5.41, 5.74) is 0.962. The summed E-state index contributed by atoms with van der Waals surface area (Å²) in [4.78, 5) is 0. The van der Waals surface area contributed by atoms with Gasteiger partial charge in [0.15, 0.2) is 0 Å². The number of ether oxygens (including phenoxy) is 1. The van der Waals surface area contributed by atoms with Crippen LogP contribution >= 0.6 is 0 Å². The minimum atomic E-state index is 0.104. The second-order valence-corrected chi connectivity index (χ2v) is 4.17. The predicted octanol–water partition coefficient (Wildman–Crippen LogP) is 0.958. The molecular formula is C11H21N3O2. The zero-order valence-corrected chi connectivity index (χ0v) is 10.2. The number of rotatable bonds is 7. The van der Waals surface area contributed by atoms with Crippen molar-refractivity contribution >= 4 is 5.69 Å². The first-order valence-electron chi connectivity index (χ1n) is 5.56. The number of nitrogens with zero attached hydrogens (tertiary/aromatic N) is 2. The largest absolute Gasteiger partial charge is 0.394 e. The van der Waals surface area contributed by atoms with Crippen LogP contribution in [-0.2, 0) is 11.3 Å². The quantitative estimate of drug-likeness (QED) is 0.728. The minimum absolute atomic E-state index is 0.104. The monoisotopic (exact) mass is 227 g/mol. The molecular weight excluding hydrogens is 206 g/mol. The van der Waals surface area contributed by atoms with Crippen LogP contribution in [0.15, 0.2) is 12.4 Å². The van der Waals surface area contributed by atoms with Gasteiger partial charge in [0, 0.05) is 13.3 Å². The highest BCUT2D eigenvalue weighted by Gasteiger charge is 2.13. The fourth-order valence-electron chi connectivity index (χ4n) is 1.46. The highest BCUT2D eigenvalue weighted by atomic mass is 16.5. The molecule has 0 bridgehead atoms. The van der Waals surface area contributed by atoms with E-state index in [2.05, 4.69) is 24.3 Å². The van der Waals surface area contributed by atoms with Crippen LogP contribution < -0.4 is 5.32 Å². The van der Waals surface area contributed by atoms with E-state index in [4.69, 9.17) is 9.84 Å². The fourth-order valence-corrected chi connectivity index (χ4v) is 1.46. The Balaban J connectivity index is 2.55. The average Bonchev–Trinajstić information content (AvgIpc) is 2.65. The molecule has 1 heterocycles. The number of aliphatic hydroxyl groups is 1. The van der Waals surface area contributed by atoms with E-state index < -0.39 is 0 Å². The van der Waals surface area contributed by atoms with Crippen molar-refractivity contribution in [2.75, 3.05) is 25.6 Å². The molecule has 16 heavy (non-hydrogen) atoms. The molecule has 0 spiro atoms. The predicted molar refractivity (Wildman–Crippen MR) is 63.4 cm³/mol. The van der Waals surface area contributed by atoms with Crippen molar-refractivity contribution in [2.24, 2.45) is 5.92 Å². The van der Waals surface area contributed by atoms with Crippen LogP contribution in [0.25, 0.3) is 0 Å². The lowest BCUT2D eigenvalue weighted by molar-refractivity contribution is 0.171. The highest BCUT2D eigenvalue weighted by molar-refractivity contribution is 5.39. The Labute approximate surface area is 96.4 Å². The van der Waals surface area contributed by atoms with Gasteiger partial charge in [-0.25, -0.2) is 0 Å². The molecule has 92 valence electrons. The molecule has 0 aliphatic rings. The van der Waals surface area contributed by atoms with Gasteiger partial charge in [0.2, 0.25) is 0 Å². The Kier molecular flexibility index (Phi) is 5.28. The van der Waals surface area contributed by atoms with Gasteiger partial charge in [-0.3, -0.25) is 4.68 Å². The molecule has 0 aromatic carbocycles. The summed E-state index contributed by atoms with van der Waals surface area (Å²) in [6.07, 6.45) is 3.65. The Morgan fingerprint density at radius 3 is 2.88 bits per heavy atom. The van der Waals surface area contributed by atoms with Crippen molar-refractivity contribution in [1.82, 2.24) is 9.78 Å². The van der Waals surface area contributed by atoms with Crippen molar-refractivity contribution in [3.63, 3.8) is 0 Å². The summed E-state index contributed by atoms with van der Waals surface area (Å²) >= 11 is 0. The van der Waals surface area contributed by atoms with Gasteiger partial charge in [-0.1, -0.05) is 13.8 Å². The molecule has 5 heteroatoms. The van der Waals surface area contributed by atoms with Crippen LogP contribution in [0.5, 0.6) is 0 Å². The van der Waals surface area contributed by atoms with Crippen molar-refractivity contribution < 1.29 is 9.84 Å². The van der Waals surface area contributed by atoms with E-state index >= 15 is 0 Å². The number of anilines is 1. The Bertz CT molecular complexity index is 299. The smallest absolute Gasteiger partial charge is 0.0729 e. The molecule has 0 aliphatic heterocycles. The molecule has 1 atom stereocenters. The van der Waals surface area contributed by atoms with Crippen LogP contribution in [-0.4, -0.2) is 41.3 Å². The number of aliphatic hydroxyl groups excluding tert-OH is 1. The topological polar surface area (TPSA) is 59.3 Å².